The minimum atomic E-state index is -0.783. The van der Waals surface area contributed by atoms with Crippen LogP contribution in [-0.2, 0) is 14.4 Å². The van der Waals surface area contributed by atoms with Crippen LogP contribution in [0.25, 0.3) is 0 Å². The Hall–Kier alpha value is -2.90. The molecule has 0 unspecified atom stereocenters. The molecule has 0 aromatic heterocycles. The minimum absolute atomic E-state index is 0.0578. The van der Waals surface area contributed by atoms with Crippen LogP contribution in [0.3, 0.4) is 0 Å². The third kappa shape index (κ3) is 7.47. The van der Waals surface area contributed by atoms with Crippen molar-refractivity contribution in [2.45, 2.75) is 51.6 Å². The number of benzene rings is 1. The smallest absolute Gasteiger partial charge is 0.329 e. The molecular weight excluding hydrogens is 348 g/mol. The van der Waals surface area contributed by atoms with Gasteiger partial charge in [-0.3, -0.25) is 14.4 Å². The fourth-order valence-corrected chi connectivity index (χ4v) is 2.70. The zero-order valence-corrected chi connectivity index (χ0v) is 15.7. The number of rotatable bonds is 7. The standard InChI is InChI=1S/C19H26N4O4/c1-13(2)21-17(24)12-27-16-9-7-14(8-10-16)11-20-23-19(26)18(25)22-15-5-3-4-6-15/h7-11,13,15H,3-6,12H2,1-2H3,(H,21,24)(H,22,25)(H,23,26)/b20-11-. The predicted molar refractivity (Wildman–Crippen MR) is 101 cm³/mol. The second kappa shape index (κ2) is 10.3. The van der Waals surface area contributed by atoms with Crippen molar-refractivity contribution >= 4 is 23.9 Å². The molecule has 0 spiro atoms. The van der Waals surface area contributed by atoms with E-state index >= 15 is 0 Å². The van der Waals surface area contributed by atoms with E-state index in [1.807, 2.05) is 13.8 Å². The number of amides is 3. The largest absolute Gasteiger partial charge is 0.484 e. The number of ether oxygens (including phenoxy) is 1. The van der Waals surface area contributed by atoms with E-state index in [0.717, 1.165) is 25.7 Å². The van der Waals surface area contributed by atoms with Crippen molar-refractivity contribution in [3.8, 4) is 5.75 Å². The van der Waals surface area contributed by atoms with Gasteiger partial charge in [0.1, 0.15) is 5.75 Å². The Labute approximate surface area is 158 Å². The van der Waals surface area contributed by atoms with Gasteiger partial charge >= 0.3 is 11.8 Å². The van der Waals surface area contributed by atoms with Gasteiger partial charge in [-0.2, -0.15) is 5.10 Å². The molecule has 0 aliphatic heterocycles. The topological polar surface area (TPSA) is 109 Å². The maximum Gasteiger partial charge on any atom is 0.329 e. The Kier molecular flexibility index (Phi) is 7.79. The zero-order valence-electron chi connectivity index (χ0n) is 15.7. The summed E-state index contributed by atoms with van der Waals surface area (Å²) in [5.41, 5.74) is 2.93. The van der Waals surface area contributed by atoms with Crippen LogP contribution in [-0.4, -0.2) is 42.6 Å². The van der Waals surface area contributed by atoms with Gasteiger partial charge in [0, 0.05) is 12.1 Å². The Morgan fingerprint density at radius 3 is 2.44 bits per heavy atom. The maximum atomic E-state index is 11.7. The van der Waals surface area contributed by atoms with Gasteiger partial charge in [-0.25, -0.2) is 5.43 Å². The summed E-state index contributed by atoms with van der Waals surface area (Å²) in [4.78, 5) is 35.0. The highest BCUT2D eigenvalue weighted by Crippen LogP contribution is 2.17. The second-order valence-corrected chi connectivity index (χ2v) is 6.73. The third-order valence-corrected chi connectivity index (χ3v) is 3.98. The maximum absolute atomic E-state index is 11.7. The van der Waals surface area contributed by atoms with Gasteiger partial charge in [0.2, 0.25) is 0 Å². The molecule has 1 aromatic rings. The van der Waals surface area contributed by atoms with E-state index in [0.29, 0.717) is 11.3 Å². The van der Waals surface area contributed by atoms with E-state index in [2.05, 4.69) is 21.2 Å². The zero-order chi connectivity index (χ0) is 19.6. The number of nitrogens with one attached hydrogen (secondary N) is 3. The SMILES string of the molecule is CC(C)NC(=O)COc1ccc(/C=N\NC(=O)C(=O)NC2CCCC2)cc1. The molecule has 1 aromatic carbocycles. The van der Waals surface area contributed by atoms with Gasteiger partial charge < -0.3 is 15.4 Å². The summed E-state index contributed by atoms with van der Waals surface area (Å²) in [6.07, 6.45) is 5.40. The second-order valence-electron chi connectivity index (χ2n) is 6.73. The first-order valence-corrected chi connectivity index (χ1v) is 9.10. The van der Waals surface area contributed by atoms with Crippen LogP contribution in [0.1, 0.15) is 45.1 Å². The fourth-order valence-electron chi connectivity index (χ4n) is 2.70. The molecule has 1 aliphatic carbocycles. The molecule has 3 N–H and O–H groups in total. The number of hydrogen-bond acceptors (Lipinski definition) is 5. The van der Waals surface area contributed by atoms with Crippen molar-refractivity contribution in [2.75, 3.05) is 6.61 Å². The van der Waals surface area contributed by atoms with E-state index < -0.39 is 11.8 Å². The summed E-state index contributed by atoms with van der Waals surface area (Å²) < 4.78 is 5.38. The Bertz CT molecular complexity index is 679. The summed E-state index contributed by atoms with van der Waals surface area (Å²) in [7, 11) is 0. The third-order valence-electron chi connectivity index (χ3n) is 3.98. The lowest BCUT2D eigenvalue weighted by molar-refractivity contribution is -0.139. The van der Waals surface area contributed by atoms with Crippen LogP contribution in [0, 0.1) is 0 Å². The Balaban J connectivity index is 1.73. The van der Waals surface area contributed by atoms with Gasteiger partial charge in [0.25, 0.3) is 5.91 Å². The van der Waals surface area contributed by atoms with Gasteiger partial charge in [-0.15, -0.1) is 0 Å². The summed E-state index contributed by atoms with van der Waals surface area (Å²) in [5.74, 6) is -1.09. The van der Waals surface area contributed by atoms with E-state index in [1.54, 1.807) is 24.3 Å². The molecule has 1 aliphatic rings. The molecule has 8 nitrogen and oxygen atoms in total. The van der Waals surface area contributed by atoms with Gasteiger partial charge in [-0.1, -0.05) is 12.8 Å². The molecule has 0 atom stereocenters. The number of hydrazone groups is 1. The number of carbonyl (C=O) groups is 3. The Morgan fingerprint density at radius 1 is 1.15 bits per heavy atom. The quantitative estimate of drug-likeness (QED) is 0.377. The molecule has 27 heavy (non-hydrogen) atoms. The Morgan fingerprint density at radius 2 is 1.81 bits per heavy atom. The molecule has 0 heterocycles. The molecule has 0 radical (unpaired) electrons. The number of nitrogens with zero attached hydrogens (tertiary/aromatic N) is 1. The lowest BCUT2D eigenvalue weighted by Crippen LogP contribution is -2.42. The number of hydrogen-bond donors (Lipinski definition) is 3. The van der Waals surface area contributed by atoms with E-state index in [1.165, 1.54) is 6.21 Å². The lowest BCUT2D eigenvalue weighted by Gasteiger charge is -2.10. The molecule has 0 bridgehead atoms. The molecule has 2 rings (SSSR count). The molecule has 0 saturated heterocycles. The molecule has 8 heteroatoms. The molecule has 1 fully saturated rings. The first-order chi connectivity index (χ1) is 12.9. The van der Waals surface area contributed by atoms with Gasteiger partial charge in [0.05, 0.1) is 6.21 Å². The predicted octanol–water partition coefficient (Wildman–Crippen LogP) is 1.10. The first-order valence-electron chi connectivity index (χ1n) is 9.10. The molecule has 1 saturated carbocycles. The van der Waals surface area contributed by atoms with Gasteiger partial charge in [-0.05, 0) is 56.5 Å². The highest BCUT2D eigenvalue weighted by Gasteiger charge is 2.20. The van der Waals surface area contributed by atoms with Crippen molar-refractivity contribution in [3.05, 3.63) is 29.8 Å². The highest BCUT2D eigenvalue weighted by molar-refractivity contribution is 6.35. The van der Waals surface area contributed by atoms with Crippen molar-refractivity contribution in [1.29, 1.82) is 0 Å². The minimum Gasteiger partial charge on any atom is -0.484 e. The monoisotopic (exact) mass is 374 g/mol. The fraction of sp³-hybridized carbons (Fsp3) is 0.474. The van der Waals surface area contributed by atoms with E-state index in [-0.39, 0.29) is 24.6 Å². The van der Waals surface area contributed by atoms with Crippen LogP contribution in [0.4, 0.5) is 0 Å². The molecule has 3 amide bonds. The summed E-state index contributed by atoms with van der Waals surface area (Å²) >= 11 is 0. The highest BCUT2D eigenvalue weighted by atomic mass is 16.5. The normalized spacial score (nSPS) is 14.3. The summed E-state index contributed by atoms with van der Waals surface area (Å²) in [6, 6.07) is 6.99. The molecule has 146 valence electrons. The number of carbonyl (C=O) groups excluding carboxylic acids is 3. The van der Waals surface area contributed by atoms with E-state index in [4.69, 9.17) is 4.74 Å². The van der Waals surface area contributed by atoms with Gasteiger partial charge in [0.15, 0.2) is 6.61 Å². The van der Waals surface area contributed by atoms with Crippen LogP contribution in [0.15, 0.2) is 29.4 Å². The van der Waals surface area contributed by atoms with Crippen LogP contribution < -0.4 is 20.8 Å². The van der Waals surface area contributed by atoms with Crippen molar-refractivity contribution in [3.63, 3.8) is 0 Å². The average molecular weight is 374 g/mol. The van der Waals surface area contributed by atoms with Crippen molar-refractivity contribution in [2.24, 2.45) is 5.10 Å². The summed E-state index contributed by atoms with van der Waals surface area (Å²) in [6.45, 7) is 3.70. The first kappa shape index (κ1) is 20.4. The summed E-state index contributed by atoms with van der Waals surface area (Å²) in [5, 5.41) is 9.22. The average Bonchev–Trinajstić information content (AvgIpc) is 3.13. The molecular formula is C19H26N4O4. The van der Waals surface area contributed by atoms with Crippen LogP contribution in [0.5, 0.6) is 5.75 Å². The van der Waals surface area contributed by atoms with Crippen LogP contribution >= 0.6 is 0 Å². The lowest BCUT2D eigenvalue weighted by atomic mass is 10.2. The van der Waals surface area contributed by atoms with Crippen molar-refractivity contribution in [1.82, 2.24) is 16.1 Å². The van der Waals surface area contributed by atoms with Crippen molar-refractivity contribution < 1.29 is 19.1 Å². The van der Waals surface area contributed by atoms with E-state index in [9.17, 15) is 14.4 Å². The van der Waals surface area contributed by atoms with Crippen LogP contribution in [0.2, 0.25) is 0 Å².